The molecule has 112 valence electrons. The molecule has 0 saturated carbocycles. The fourth-order valence-corrected chi connectivity index (χ4v) is 3.25. The summed E-state index contributed by atoms with van der Waals surface area (Å²) in [6, 6.07) is 8.57. The van der Waals surface area contributed by atoms with E-state index in [1.54, 1.807) is 24.4 Å². The van der Waals surface area contributed by atoms with Gasteiger partial charge in [0.05, 0.1) is 17.1 Å². The first kappa shape index (κ1) is 15.5. The van der Waals surface area contributed by atoms with Crippen molar-refractivity contribution in [3.63, 3.8) is 0 Å². The van der Waals surface area contributed by atoms with Gasteiger partial charge in [-0.25, -0.2) is 8.42 Å². The normalized spacial score (nSPS) is 11.8. The molecule has 2 aromatic rings. The highest BCUT2D eigenvalue weighted by atomic mass is 32.2. The number of aromatic nitrogens is 1. The third-order valence-electron chi connectivity index (χ3n) is 3.50. The zero-order valence-electron chi connectivity index (χ0n) is 12.4. The van der Waals surface area contributed by atoms with E-state index >= 15 is 0 Å². The van der Waals surface area contributed by atoms with Crippen molar-refractivity contribution in [2.75, 3.05) is 12.8 Å². The first-order valence-electron chi connectivity index (χ1n) is 6.55. The molecule has 0 aliphatic heterocycles. The summed E-state index contributed by atoms with van der Waals surface area (Å²) in [6.45, 7) is 3.94. The number of nitrogens with two attached hydrogens (primary N) is 1. The Labute approximate surface area is 125 Å². The number of nitrogens with zero attached hydrogens (tertiary/aromatic N) is 2. The maximum atomic E-state index is 12.6. The Morgan fingerprint density at radius 2 is 1.95 bits per heavy atom. The number of hydrogen-bond acceptors (Lipinski definition) is 4. The van der Waals surface area contributed by atoms with Crippen molar-refractivity contribution >= 4 is 15.7 Å². The maximum Gasteiger partial charge on any atom is 0.243 e. The molecule has 1 heterocycles. The molecule has 0 radical (unpaired) electrons. The number of hydrogen-bond donors (Lipinski definition) is 1. The van der Waals surface area contributed by atoms with Crippen molar-refractivity contribution in [2.24, 2.45) is 0 Å². The summed E-state index contributed by atoms with van der Waals surface area (Å²) >= 11 is 0. The second-order valence-corrected chi connectivity index (χ2v) is 7.08. The SMILES string of the molecule is Cc1cc(S(=O)(=O)N(C)Cc2ccccn2)cc(N)c1C. The van der Waals surface area contributed by atoms with E-state index in [1.807, 2.05) is 19.9 Å². The van der Waals surface area contributed by atoms with Crippen LogP contribution < -0.4 is 5.73 Å². The molecule has 2 N–H and O–H groups in total. The smallest absolute Gasteiger partial charge is 0.243 e. The zero-order valence-corrected chi connectivity index (χ0v) is 13.2. The van der Waals surface area contributed by atoms with Gasteiger partial charge in [-0.1, -0.05) is 6.07 Å². The second-order valence-electron chi connectivity index (χ2n) is 5.04. The van der Waals surface area contributed by atoms with E-state index < -0.39 is 10.0 Å². The van der Waals surface area contributed by atoms with Gasteiger partial charge in [-0.15, -0.1) is 0 Å². The summed E-state index contributed by atoms with van der Waals surface area (Å²) in [5.41, 5.74) is 8.82. The van der Waals surface area contributed by atoms with Crippen LogP contribution in [0.25, 0.3) is 0 Å². The van der Waals surface area contributed by atoms with Crippen LogP contribution in [0.4, 0.5) is 5.69 Å². The molecule has 1 aromatic carbocycles. The lowest BCUT2D eigenvalue weighted by molar-refractivity contribution is 0.462. The quantitative estimate of drug-likeness (QED) is 0.878. The third-order valence-corrected chi connectivity index (χ3v) is 5.28. The molecule has 0 unspecified atom stereocenters. The molecule has 0 aliphatic carbocycles. The van der Waals surface area contributed by atoms with E-state index in [-0.39, 0.29) is 11.4 Å². The van der Waals surface area contributed by atoms with Gasteiger partial charge in [0, 0.05) is 18.9 Å². The van der Waals surface area contributed by atoms with Gasteiger partial charge in [0.1, 0.15) is 0 Å². The standard InChI is InChI=1S/C15H19N3O2S/c1-11-8-14(9-15(16)12(11)2)21(19,20)18(3)10-13-6-4-5-7-17-13/h4-9H,10,16H2,1-3H3. The van der Waals surface area contributed by atoms with Gasteiger partial charge in [-0.2, -0.15) is 4.31 Å². The van der Waals surface area contributed by atoms with E-state index in [1.165, 1.54) is 17.4 Å². The van der Waals surface area contributed by atoms with E-state index in [2.05, 4.69) is 4.98 Å². The lowest BCUT2D eigenvalue weighted by Crippen LogP contribution is -2.27. The summed E-state index contributed by atoms with van der Waals surface area (Å²) in [5.74, 6) is 0. The van der Waals surface area contributed by atoms with Crippen molar-refractivity contribution in [1.29, 1.82) is 0 Å². The van der Waals surface area contributed by atoms with Gasteiger partial charge in [-0.3, -0.25) is 4.98 Å². The lowest BCUT2D eigenvalue weighted by Gasteiger charge is -2.18. The predicted octanol–water partition coefficient (Wildman–Crippen LogP) is 2.10. The number of aryl methyl sites for hydroxylation is 1. The van der Waals surface area contributed by atoms with E-state index in [0.29, 0.717) is 11.4 Å². The molecule has 0 bridgehead atoms. The first-order valence-corrected chi connectivity index (χ1v) is 7.99. The topological polar surface area (TPSA) is 76.3 Å². The van der Waals surface area contributed by atoms with Crippen LogP contribution in [0.5, 0.6) is 0 Å². The predicted molar refractivity (Wildman–Crippen MR) is 83.2 cm³/mol. The van der Waals surface area contributed by atoms with Crippen molar-refractivity contribution in [2.45, 2.75) is 25.3 Å². The minimum Gasteiger partial charge on any atom is -0.398 e. The molecule has 0 fully saturated rings. The average Bonchev–Trinajstić information content (AvgIpc) is 2.45. The molecule has 5 nitrogen and oxygen atoms in total. The Kier molecular flexibility index (Phi) is 4.29. The fraction of sp³-hybridized carbons (Fsp3) is 0.267. The van der Waals surface area contributed by atoms with Crippen LogP contribution >= 0.6 is 0 Å². The molecule has 21 heavy (non-hydrogen) atoms. The van der Waals surface area contributed by atoms with Crippen LogP contribution in [0.15, 0.2) is 41.4 Å². The molecule has 0 atom stereocenters. The van der Waals surface area contributed by atoms with Crippen LogP contribution in [0.2, 0.25) is 0 Å². The highest BCUT2D eigenvalue weighted by molar-refractivity contribution is 7.89. The van der Waals surface area contributed by atoms with Crippen LogP contribution in [0.1, 0.15) is 16.8 Å². The minimum absolute atomic E-state index is 0.210. The van der Waals surface area contributed by atoms with Crippen molar-refractivity contribution in [3.8, 4) is 0 Å². The number of sulfonamides is 1. The Morgan fingerprint density at radius 1 is 1.24 bits per heavy atom. The molecule has 0 saturated heterocycles. The Balaban J connectivity index is 2.33. The van der Waals surface area contributed by atoms with Crippen molar-refractivity contribution < 1.29 is 8.42 Å². The minimum atomic E-state index is -3.59. The maximum absolute atomic E-state index is 12.6. The molecule has 2 rings (SSSR count). The van der Waals surface area contributed by atoms with E-state index in [0.717, 1.165) is 11.1 Å². The van der Waals surface area contributed by atoms with E-state index in [9.17, 15) is 8.42 Å². The van der Waals surface area contributed by atoms with Gasteiger partial charge >= 0.3 is 0 Å². The summed E-state index contributed by atoms with van der Waals surface area (Å²) in [4.78, 5) is 4.35. The molecule has 6 heteroatoms. The van der Waals surface area contributed by atoms with Crippen molar-refractivity contribution in [3.05, 3.63) is 53.3 Å². The number of anilines is 1. The second kappa shape index (κ2) is 5.83. The molecule has 0 amide bonds. The lowest BCUT2D eigenvalue weighted by atomic mass is 10.1. The number of benzene rings is 1. The van der Waals surface area contributed by atoms with Gasteiger partial charge in [0.25, 0.3) is 0 Å². The number of rotatable bonds is 4. The highest BCUT2D eigenvalue weighted by Gasteiger charge is 2.22. The Hall–Kier alpha value is -1.92. The fourth-order valence-electron chi connectivity index (χ4n) is 1.99. The van der Waals surface area contributed by atoms with Gasteiger partial charge in [0.15, 0.2) is 0 Å². The Bertz CT molecular complexity index is 720. The van der Waals surface area contributed by atoms with Gasteiger partial charge in [0.2, 0.25) is 10.0 Å². The van der Waals surface area contributed by atoms with Crippen LogP contribution in [-0.2, 0) is 16.6 Å². The van der Waals surface area contributed by atoms with Crippen LogP contribution in [-0.4, -0.2) is 24.8 Å². The van der Waals surface area contributed by atoms with Crippen LogP contribution in [0.3, 0.4) is 0 Å². The highest BCUT2D eigenvalue weighted by Crippen LogP contribution is 2.24. The summed E-state index contributed by atoms with van der Waals surface area (Å²) in [7, 11) is -2.05. The molecule has 0 aliphatic rings. The Morgan fingerprint density at radius 3 is 2.52 bits per heavy atom. The van der Waals surface area contributed by atoms with Crippen LogP contribution in [0, 0.1) is 13.8 Å². The van der Waals surface area contributed by atoms with Crippen molar-refractivity contribution in [1.82, 2.24) is 9.29 Å². The number of nitrogen functional groups attached to an aromatic ring is 1. The number of pyridine rings is 1. The summed E-state index contributed by atoms with van der Waals surface area (Å²) in [6.07, 6.45) is 1.64. The largest absolute Gasteiger partial charge is 0.398 e. The molecule has 1 aromatic heterocycles. The summed E-state index contributed by atoms with van der Waals surface area (Å²) < 4.78 is 26.5. The first-order chi connectivity index (χ1) is 9.82. The monoisotopic (exact) mass is 305 g/mol. The molecular weight excluding hydrogens is 286 g/mol. The van der Waals surface area contributed by atoms with E-state index in [4.69, 9.17) is 5.73 Å². The third kappa shape index (κ3) is 3.22. The summed E-state index contributed by atoms with van der Waals surface area (Å²) in [5, 5.41) is 0. The van der Waals surface area contributed by atoms with Gasteiger partial charge < -0.3 is 5.73 Å². The zero-order chi connectivity index (χ0) is 15.6. The van der Waals surface area contributed by atoms with Gasteiger partial charge in [-0.05, 0) is 49.2 Å². The molecule has 0 spiro atoms. The average molecular weight is 305 g/mol. The molecular formula is C15H19N3O2S.